The van der Waals surface area contributed by atoms with Gasteiger partial charge in [0, 0.05) is 10.7 Å². The Morgan fingerprint density at radius 1 is 1.28 bits per heavy atom. The molecule has 0 saturated heterocycles. The third kappa shape index (κ3) is 2.60. The van der Waals surface area contributed by atoms with Gasteiger partial charge in [-0.25, -0.2) is 18.7 Å². The van der Waals surface area contributed by atoms with E-state index in [1.807, 2.05) is 0 Å². The zero-order valence-electron chi connectivity index (χ0n) is 8.78. The lowest BCUT2D eigenvalue weighted by Crippen LogP contribution is -2.02. The van der Waals surface area contributed by atoms with Crippen LogP contribution in [0.3, 0.4) is 0 Å². The lowest BCUT2D eigenvalue weighted by molar-refractivity contribution is 0.589. The van der Waals surface area contributed by atoms with Crippen molar-refractivity contribution in [1.82, 2.24) is 9.97 Å². The largest absolute Gasteiger partial charge is 0.319 e. The molecule has 90 valence electrons. The summed E-state index contributed by atoms with van der Waals surface area (Å²) in [5, 5.41) is 11.0. The van der Waals surface area contributed by atoms with Crippen LogP contribution in [0.1, 0.15) is 5.69 Å². The molecule has 0 aliphatic heterocycles. The molecular weight excluding hydrogens is 306 g/mol. The summed E-state index contributed by atoms with van der Waals surface area (Å²) in [5.41, 5.74) is -0.265. The van der Waals surface area contributed by atoms with E-state index < -0.39 is 11.6 Å². The number of nitriles is 1. The SMILES string of the molecule is N#Cc1ccnc(Nc2c(F)cc(Br)cc2F)n1. The van der Waals surface area contributed by atoms with Gasteiger partial charge in [-0.1, -0.05) is 15.9 Å². The first-order valence-electron chi connectivity index (χ1n) is 4.75. The van der Waals surface area contributed by atoms with Crippen LogP contribution in [0.2, 0.25) is 0 Å². The fraction of sp³-hybridized carbons (Fsp3) is 0. The summed E-state index contributed by atoms with van der Waals surface area (Å²) in [5.74, 6) is -1.62. The summed E-state index contributed by atoms with van der Waals surface area (Å²) in [6.45, 7) is 0. The van der Waals surface area contributed by atoms with Crippen molar-refractivity contribution in [3.8, 4) is 6.07 Å². The molecule has 0 bridgehead atoms. The summed E-state index contributed by atoms with van der Waals surface area (Å²) in [4.78, 5) is 7.53. The van der Waals surface area contributed by atoms with Crippen LogP contribution in [0, 0.1) is 23.0 Å². The standard InChI is InChI=1S/C11H5BrF2N4/c12-6-3-8(13)10(9(14)4-6)18-11-16-2-1-7(5-15)17-11/h1-4H,(H,16,17,18). The predicted molar refractivity (Wildman–Crippen MR) is 64.1 cm³/mol. The molecule has 0 fully saturated rings. The van der Waals surface area contributed by atoms with Gasteiger partial charge in [0.1, 0.15) is 17.5 Å². The Labute approximate surface area is 109 Å². The maximum Gasteiger partial charge on any atom is 0.228 e. The third-order valence-corrected chi connectivity index (χ3v) is 2.47. The lowest BCUT2D eigenvalue weighted by Gasteiger charge is -2.07. The minimum Gasteiger partial charge on any atom is -0.319 e. The van der Waals surface area contributed by atoms with Crippen molar-refractivity contribution in [2.45, 2.75) is 0 Å². The third-order valence-electron chi connectivity index (χ3n) is 2.01. The fourth-order valence-electron chi connectivity index (χ4n) is 1.25. The molecule has 4 nitrogen and oxygen atoms in total. The molecule has 2 rings (SSSR count). The van der Waals surface area contributed by atoms with E-state index in [1.54, 1.807) is 6.07 Å². The Morgan fingerprint density at radius 3 is 2.56 bits per heavy atom. The lowest BCUT2D eigenvalue weighted by atomic mass is 10.3. The van der Waals surface area contributed by atoms with Crippen molar-refractivity contribution in [2.75, 3.05) is 5.32 Å². The molecule has 2 aromatic rings. The number of aromatic nitrogens is 2. The van der Waals surface area contributed by atoms with Crippen LogP contribution in [0.15, 0.2) is 28.9 Å². The van der Waals surface area contributed by atoms with Gasteiger partial charge in [-0.2, -0.15) is 5.26 Å². The number of anilines is 2. The molecule has 0 atom stereocenters. The van der Waals surface area contributed by atoms with Gasteiger partial charge in [0.2, 0.25) is 5.95 Å². The van der Waals surface area contributed by atoms with Gasteiger partial charge in [0.25, 0.3) is 0 Å². The fourth-order valence-corrected chi connectivity index (χ4v) is 1.66. The number of hydrogen-bond acceptors (Lipinski definition) is 4. The minimum absolute atomic E-state index is 0.0471. The molecule has 0 amide bonds. The van der Waals surface area contributed by atoms with Gasteiger partial charge in [-0.3, -0.25) is 0 Å². The minimum atomic E-state index is -0.784. The zero-order valence-corrected chi connectivity index (χ0v) is 10.4. The number of hydrogen-bond donors (Lipinski definition) is 1. The second kappa shape index (κ2) is 5.06. The van der Waals surface area contributed by atoms with E-state index in [-0.39, 0.29) is 21.8 Å². The molecule has 0 saturated carbocycles. The van der Waals surface area contributed by atoms with E-state index in [0.717, 1.165) is 12.1 Å². The first-order chi connectivity index (χ1) is 8.60. The van der Waals surface area contributed by atoms with Crippen molar-refractivity contribution in [1.29, 1.82) is 5.26 Å². The Kier molecular flexibility index (Phi) is 3.48. The van der Waals surface area contributed by atoms with Crippen LogP contribution < -0.4 is 5.32 Å². The van der Waals surface area contributed by atoms with Crippen molar-refractivity contribution in [3.63, 3.8) is 0 Å². The van der Waals surface area contributed by atoms with Crippen molar-refractivity contribution >= 4 is 27.6 Å². The maximum absolute atomic E-state index is 13.5. The quantitative estimate of drug-likeness (QED) is 0.925. The normalized spacial score (nSPS) is 9.89. The van der Waals surface area contributed by atoms with Crippen LogP contribution in [-0.4, -0.2) is 9.97 Å². The van der Waals surface area contributed by atoms with E-state index >= 15 is 0 Å². The molecule has 0 unspecified atom stereocenters. The second-order valence-electron chi connectivity index (χ2n) is 3.25. The summed E-state index contributed by atoms with van der Waals surface area (Å²) in [6, 6.07) is 5.42. The molecule has 0 aliphatic carbocycles. The number of nitrogens with one attached hydrogen (secondary N) is 1. The van der Waals surface area contributed by atoms with Crippen LogP contribution in [-0.2, 0) is 0 Å². The molecule has 1 N–H and O–H groups in total. The van der Waals surface area contributed by atoms with Crippen molar-refractivity contribution in [2.24, 2.45) is 0 Å². The molecule has 0 aliphatic rings. The highest BCUT2D eigenvalue weighted by molar-refractivity contribution is 9.10. The Hall–Kier alpha value is -2.07. The first-order valence-corrected chi connectivity index (χ1v) is 5.54. The van der Waals surface area contributed by atoms with Crippen LogP contribution in [0.5, 0.6) is 0 Å². The smallest absolute Gasteiger partial charge is 0.228 e. The van der Waals surface area contributed by atoms with Gasteiger partial charge in [0.05, 0.1) is 0 Å². The number of nitrogens with zero attached hydrogens (tertiary/aromatic N) is 3. The number of halogens is 3. The van der Waals surface area contributed by atoms with E-state index in [4.69, 9.17) is 5.26 Å². The maximum atomic E-state index is 13.5. The van der Waals surface area contributed by atoms with Crippen molar-refractivity contribution < 1.29 is 8.78 Å². The highest BCUT2D eigenvalue weighted by Crippen LogP contribution is 2.25. The predicted octanol–water partition coefficient (Wildman–Crippen LogP) is 3.13. The first kappa shape index (κ1) is 12.4. The van der Waals surface area contributed by atoms with Crippen LogP contribution in [0.25, 0.3) is 0 Å². The van der Waals surface area contributed by atoms with Crippen molar-refractivity contribution in [3.05, 3.63) is 46.2 Å². The second-order valence-corrected chi connectivity index (χ2v) is 4.16. The Balaban J connectivity index is 2.37. The van der Waals surface area contributed by atoms with Crippen LogP contribution in [0.4, 0.5) is 20.4 Å². The summed E-state index contributed by atoms with van der Waals surface area (Å²) in [6.07, 6.45) is 1.32. The van der Waals surface area contributed by atoms with Crippen LogP contribution >= 0.6 is 15.9 Å². The average molecular weight is 311 g/mol. The molecule has 1 aromatic heterocycles. The monoisotopic (exact) mass is 310 g/mol. The average Bonchev–Trinajstić information content (AvgIpc) is 2.34. The van der Waals surface area contributed by atoms with Gasteiger partial charge in [-0.05, 0) is 18.2 Å². The molecule has 0 spiro atoms. The molecular formula is C11H5BrF2N4. The molecule has 18 heavy (non-hydrogen) atoms. The van der Waals surface area contributed by atoms with Gasteiger partial charge in [-0.15, -0.1) is 0 Å². The van der Waals surface area contributed by atoms with Gasteiger partial charge < -0.3 is 5.32 Å². The van der Waals surface area contributed by atoms with Gasteiger partial charge >= 0.3 is 0 Å². The summed E-state index contributed by atoms with van der Waals surface area (Å²) in [7, 11) is 0. The molecule has 1 heterocycles. The molecule has 1 aromatic carbocycles. The van der Waals surface area contributed by atoms with E-state index in [1.165, 1.54) is 12.3 Å². The van der Waals surface area contributed by atoms with Gasteiger partial charge in [0.15, 0.2) is 11.6 Å². The zero-order chi connectivity index (χ0) is 13.1. The number of rotatable bonds is 2. The molecule has 0 radical (unpaired) electrons. The highest BCUT2D eigenvalue weighted by atomic mass is 79.9. The molecule has 7 heteroatoms. The summed E-state index contributed by atoms with van der Waals surface area (Å²) >= 11 is 2.97. The van der Waals surface area contributed by atoms with E-state index in [9.17, 15) is 8.78 Å². The number of benzene rings is 1. The highest BCUT2D eigenvalue weighted by Gasteiger charge is 2.12. The topological polar surface area (TPSA) is 61.6 Å². The summed E-state index contributed by atoms with van der Waals surface area (Å²) < 4.78 is 27.3. The Morgan fingerprint density at radius 2 is 1.94 bits per heavy atom. The van der Waals surface area contributed by atoms with E-state index in [2.05, 4.69) is 31.2 Å². The Bertz CT molecular complexity index is 616. The van der Waals surface area contributed by atoms with E-state index in [0.29, 0.717) is 0 Å².